The number of thiazole rings is 1. The molecule has 1 aliphatic rings. The number of halogens is 1. The molecule has 0 radical (unpaired) electrons. The maximum Gasteiger partial charge on any atom is 0.258 e. The monoisotopic (exact) mass is 455 g/mol. The molecule has 4 rings (SSSR count). The van der Waals surface area contributed by atoms with Crippen molar-refractivity contribution in [1.82, 2.24) is 14.9 Å². The molecule has 1 aliphatic heterocycles. The molecule has 0 bridgehead atoms. The maximum atomic E-state index is 12.9. The fourth-order valence-electron chi connectivity index (χ4n) is 3.53. The summed E-state index contributed by atoms with van der Waals surface area (Å²) in [6.45, 7) is 2.53. The summed E-state index contributed by atoms with van der Waals surface area (Å²) in [5.41, 5.74) is 0.873. The van der Waals surface area contributed by atoms with Crippen LogP contribution < -0.4 is 10.6 Å². The Morgan fingerprint density at radius 1 is 1.10 bits per heavy atom. The minimum Gasteiger partial charge on any atom is -0.325 e. The molecule has 3 heterocycles. The predicted octanol–water partition coefficient (Wildman–Crippen LogP) is 4.29. The van der Waals surface area contributed by atoms with Crippen molar-refractivity contribution in [1.29, 1.82) is 0 Å². The summed E-state index contributed by atoms with van der Waals surface area (Å²) in [6.07, 6.45) is 4.84. The molecule has 0 spiro atoms. The van der Waals surface area contributed by atoms with Gasteiger partial charge < -0.3 is 10.6 Å². The fourth-order valence-corrected chi connectivity index (χ4v) is 4.30. The van der Waals surface area contributed by atoms with E-state index in [2.05, 4.69) is 25.5 Å². The Morgan fingerprint density at radius 3 is 2.61 bits per heavy atom. The molecule has 9 heteroatoms. The second-order valence-corrected chi connectivity index (χ2v) is 8.74. The Labute approximate surface area is 189 Å². The van der Waals surface area contributed by atoms with E-state index in [9.17, 15) is 9.59 Å². The first kappa shape index (κ1) is 21.4. The van der Waals surface area contributed by atoms with Crippen molar-refractivity contribution >= 4 is 46.3 Å². The van der Waals surface area contributed by atoms with Crippen LogP contribution in [0.15, 0.2) is 54.2 Å². The molecule has 0 unspecified atom stereocenters. The van der Waals surface area contributed by atoms with E-state index in [1.807, 2.05) is 11.6 Å². The average Bonchev–Trinajstić information content (AvgIpc) is 3.29. The summed E-state index contributed by atoms with van der Waals surface area (Å²) in [7, 11) is 0. The number of nitrogens with zero attached hydrogens (tertiary/aromatic N) is 3. The Morgan fingerprint density at radius 2 is 1.90 bits per heavy atom. The van der Waals surface area contributed by atoms with Gasteiger partial charge in [-0.3, -0.25) is 14.5 Å². The van der Waals surface area contributed by atoms with Crippen molar-refractivity contribution in [2.24, 2.45) is 5.92 Å². The Balaban J connectivity index is 1.35. The van der Waals surface area contributed by atoms with Crippen molar-refractivity contribution in [3.8, 4) is 0 Å². The number of carbonyl (C=O) groups is 2. The van der Waals surface area contributed by atoms with E-state index >= 15 is 0 Å². The van der Waals surface area contributed by atoms with E-state index in [0.717, 1.165) is 37.5 Å². The Bertz CT molecular complexity index is 1030. The SMILES string of the molecule is O=C(Nc1ccc(Cl)cn1)c1ccccc1NC(=O)C1CCN(Cc2nccs2)CC1. The smallest absolute Gasteiger partial charge is 0.258 e. The number of benzene rings is 1. The largest absolute Gasteiger partial charge is 0.325 e. The zero-order chi connectivity index (χ0) is 21.6. The number of carbonyl (C=O) groups excluding carboxylic acids is 2. The Kier molecular flexibility index (Phi) is 6.91. The summed E-state index contributed by atoms with van der Waals surface area (Å²) in [4.78, 5) is 36.3. The van der Waals surface area contributed by atoms with Gasteiger partial charge in [0.1, 0.15) is 10.8 Å². The summed E-state index contributed by atoms with van der Waals surface area (Å²) in [5.74, 6) is -0.0903. The van der Waals surface area contributed by atoms with Crippen LogP contribution in [-0.2, 0) is 11.3 Å². The van der Waals surface area contributed by atoms with Gasteiger partial charge in [0.2, 0.25) is 5.91 Å². The van der Waals surface area contributed by atoms with Gasteiger partial charge in [-0.25, -0.2) is 9.97 Å². The van der Waals surface area contributed by atoms with E-state index in [1.165, 1.54) is 6.20 Å². The van der Waals surface area contributed by atoms with Gasteiger partial charge in [0.15, 0.2) is 0 Å². The standard InChI is InChI=1S/C22H22ClN5O2S/c23-16-5-6-19(25-13-16)27-22(30)17-3-1-2-4-18(17)26-21(29)15-7-10-28(11-8-15)14-20-24-9-12-31-20/h1-6,9,12-13,15H,7-8,10-11,14H2,(H,26,29)(H,25,27,30). The normalized spacial score (nSPS) is 14.9. The van der Waals surface area contributed by atoms with E-state index in [0.29, 0.717) is 22.1 Å². The van der Waals surface area contributed by atoms with Crippen LogP contribution in [0.25, 0.3) is 0 Å². The lowest BCUT2D eigenvalue weighted by Gasteiger charge is -2.30. The molecule has 2 N–H and O–H groups in total. The van der Waals surface area contributed by atoms with Gasteiger partial charge in [-0.05, 0) is 50.2 Å². The number of nitrogens with one attached hydrogen (secondary N) is 2. The van der Waals surface area contributed by atoms with Gasteiger partial charge in [-0.15, -0.1) is 11.3 Å². The number of rotatable bonds is 6. The second-order valence-electron chi connectivity index (χ2n) is 7.33. The third kappa shape index (κ3) is 5.66. The highest BCUT2D eigenvalue weighted by Gasteiger charge is 2.26. The van der Waals surface area contributed by atoms with Gasteiger partial charge in [0, 0.05) is 23.7 Å². The third-order valence-corrected chi connectivity index (χ3v) is 6.19. The number of hydrogen-bond acceptors (Lipinski definition) is 6. The zero-order valence-corrected chi connectivity index (χ0v) is 18.3. The molecule has 0 aliphatic carbocycles. The molecule has 3 aromatic rings. The zero-order valence-electron chi connectivity index (χ0n) is 16.8. The van der Waals surface area contributed by atoms with Crippen LogP contribution in [-0.4, -0.2) is 39.8 Å². The van der Waals surface area contributed by atoms with E-state index in [-0.39, 0.29) is 17.7 Å². The first-order valence-electron chi connectivity index (χ1n) is 10.0. The van der Waals surface area contributed by atoms with Crippen LogP contribution in [0, 0.1) is 5.92 Å². The number of anilines is 2. The van der Waals surface area contributed by atoms with Gasteiger partial charge in [0.25, 0.3) is 5.91 Å². The highest BCUT2D eigenvalue weighted by atomic mass is 35.5. The number of hydrogen-bond donors (Lipinski definition) is 2. The molecule has 1 fully saturated rings. The van der Waals surface area contributed by atoms with Crippen molar-refractivity contribution in [2.75, 3.05) is 23.7 Å². The topological polar surface area (TPSA) is 87.2 Å². The fraction of sp³-hybridized carbons (Fsp3) is 0.273. The van der Waals surface area contributed by atoms with Crippen molar-refractivity contribution in [3.63, 3.8) is 0 Å². The molecule has 2 aromatic heterocycles. The van der Waals surface area contributed by atoms with Crippen LogP contribution in [0.3, 0.4) is 0 Å². The molecule has 7 nitrogen and oxygen atoms in total. The quantitative estimate of drug-likeness (QED) is 0.578. The third-order valence-electron chi connectivity index (χ3n) is 5.20. The van der Waals surface area contributed by atoms with E-state index in [1.54, 1.807) is 47.7 Å². The number of pyridine rings is 1. The molecular formula is C22H22ClN5O2S. The first-order chi connectivity index (χ1) is 15.1. The number of aromatic nitrogens is 2. The molecule has 0 saturated carbocycles. The second kappa shape index (κ2) is 10.00. The minimum atomic E-state index is -0.344. The van der Waals surface area contributed by atoms with Gasteiger partial charge in [-0.1, -0.05) is 23.7 Å². The highest BCUT2D eigenvalue weighted by Crippen LogP contribution is 2.23. The number of piperidine rings is 1. The van der Waals surface area contributed by atoms with Crippen LogP contribution in [0.2, 0.25) is 5.02 Å². The van der Waals surface area contributed by atoms with Gasteiger partial charge in [0.05, 0.1) is 22.8 Å². The molecule has 1 saturated heterocycles. The molecule has 0 atom stereocenters. The van der Waals surface area contributed by atoms with Crippen LogP contribution in [0.4, 0.5) is 11.5 Å². The van der Waals surface area contributed by atoms with Crippen LogP contribution in [0.1, 0.15) is 28.2 Å². The summed E-state index contributed by atoms with van der Waals surface area (Å²) in [6, 6.07) is 10.2. The maximum absolute atomic E-state index is 12.9. The molecule has 160 valence electrons. The summed E-state index contributed by atoms with van der Waals surface area (Å²) >= 11 is 7.49. The lowest BCUT2D eigenvalue weighted by molar-refractivity contribution is -0.121. The van der Waals surface area contributed by atoms with Crippen molar-refractivity contribution in [3.05, 3.63) is 69.8 Å². The highest BCUT2D eigenvalue weighted by molar-refractivity contribution is 7.09. The van der Waals surface area contributed by atoms with Crippen LogP contribution >= 0.6 is 22.9 Å². The molecule has 31 heavy (non-hydrogen) atoms. The number of amides is 2. The summed E-state index contributed by atoms with van der Waals surface area (Å²) in [5, 5.41) is 9.24. The van der Waals surface area contributed by atoms with Crippen molar-refractivity contribution in [2.45, 2.75) is 19.4 Å². The predicted molar refractivity (Wildman–Crippen MR) is 122 cm³/mol. The number of para-hydroxylation sites is 1. The molecule has 1 aromatic carbocycles. The molecular weight excluding hydrogens is 434 g/mol. The summed E-state index contributed by atoms with van der Waals surface area (Å²) < 4.78 is 0. The first-order valence-corrected chi connectivity index (χ1v) is 11.3. The molecule has 2 amide bonds. The van der Waals surface area contributed by atoms with Gasteiger partial charge in [-0.2, -0.15) is 0 Å². The van der Waals surface area contributed by atoms with Gasteiger partial charge >= 0.3 is 0 Å². The van der Waals surface area contributed by atoms with E-state index in [4.69, 9.17) is 11.6 Å². The average molecular weight is 456 g/mol. The van der Waals surface area contributed by atoms with E-state index < -0.39 is 0 Å². The van der Waals surface area contributed by atoms with Crippen molar-refractivity contribution < 1.29 is 9.59 Å². The number of likely N-dealkylation sites (tertiary alicyclic amines) is 1. The minimum absolute atomic E-state index is 0.0567. The van der Waals surface area contributed by atoms with Crippen LogP contribution in [0.5, 0.6) is 0 Å². The lowest BCUT2D eigenvalue weighted by Crippen LogP contribution is -2.38. The lowest BCUT2D eigenvalue weighted by atomic mass is 9.95. The Hall–Kier alpha value is -2.81.